The molecule has 0 aliphatic rings. The van der Waals surface area contributed by atoms with Crippen LogP contribution in [0.4, 0.5) is 5.82 Å². The Labute approximate surface area is 131 Å². The fourth-order valence-corrected chi connectivity index (χ4v) is 3.05. The summed E-state index contributed by atoms with van der Waals surface area (Å²) in [5.74, 6) is 0.628. The van der Waals surface area contributed by atoms with Gasteiger partial charge in [-0.15, -0.1) is 0 Å². The fourth-order valence-electron chi connectivity index (χ4n) is 1.44. The quantitative estimate of drug-likeness (QED) is 0.785. The van der Waals surface area contributed by atoms with Crippen LogP contribution in [0.15, 0.2) is 40.3 Å². The zero-order valence-corrected chi connectivity index (χ0v) is 13.2. The summed E-state index contributed by atoms with van der Waals surface area (Å²) in [7, 11) is 0. The van der Waals surface area contributed by atoms with Crippen LogP contribution in [0.1, 0.15) is 6.92 Å². The van der Waals surface area contributed by atoms with E-state index in [1.807, 2.05) is 31.2 Å². The number of halogens is 3. The van der Waals surface area contributed by atoms with Crippen molar-refractivity contribution in [1.82, 2.24) is 4.98 Å². The molecule has 2 rings (SSSR count). The molecule has 0 aliphatic carbocycles. The standard InChI is InChI=1S/C13H11Cl3N2S/c1-2-17-12-9(15)7-10(16)13(18-12)19-11-6-4-3-5-8(11)14/h3-7H,2H2,1H3,(H,17,18). The van der Waals surface area contributed by atoms with Gasteiger partial charge in [-0.2, -0.15) is 0 Å². The number of hydrogen-bond acceptors (Lipinski definition) is 3. The average molecular weight is 334 g/mol. The van der Waals surface area contributed by atoms with Crippen molar-refractivity contribution < 1.29 is 0 Å². The van der Waals surface area contributed by atoms with Gasteiger partial charge in [-0.05, 0) is 25.1 Å². The van der Waals surface area contributed by atoms with Crippen LogP contribution in [-0.4, -0.2) is 11.5 Å². The van der Waals surface area contributed by atoms with Gasteiger partial charge in [-0.25, -0.2) is 4.98 Å². The molecule has 0 fully saturated rings. The fraction of sp³-hybridized carbons (Fsp3) is 0.154. The molecule has 1 aromatic heterocycles. The Morgan fingerprint density at radius 2 is 1.84 bits per heavy atom. The summed E-state index contributed by atoms with van der Waals surface area (Å²) in [6, 6.07) is 9.25. The van der Waals surface area contributed by atoms with Crippen LogP contribution >= 0.6 is 46.6 Å². The minimum Gasteiger partial charge on any atom is -0.369 e. The van der Waals surface area contributed by atoms with Crippen molar-refractivity contribution >= 4 is 52.4 Å². The molecular weight excluding hydrogens is 323 g/mol. The smallest absolute Gasteiger partial charge is 0.146 e. The van der Waals surface area contributed by atoms with Crippen molar-refractivity contribution in [2.24, 2.45) is 0 Å². The monoisotopic (exact) mass is 332 g/mol. The topological polar surface area (TPSA) is 24.9 Å². The van der Waals surface area contributed by atoms with E-state index >= 15 is 0 Å². The predicted octanol–water partition coefficient (Wildman–Crippen LogP) is 5.62. The predicted molar refractivity (Wildman–Crippen MR) is 84.0 cm³/mol. The number of benzene rings is 1. The van der Waals surface area contributed by atoms with E-state index < -0.39 is 0 Å². The van der Waals surface area contributed by atoms with Crippen LogP contribution in [0.2, 0.25) is 15.1 Å². The average Bonchev–Trinajstić information content (AvgIpc) is 2.38. The molecule has 2 nitrogen and oxygen atoms in total. The second-order valence-electron chi connectivity index (χ2n) is 3.67. The lowest BCUT2D eigenvalue weighted by atomic mass is 10.4. The lowest BCUT2D eigenvalue weighted by molar-refractivity contribution is 1.08. The first kappa shape index (κ1) is 14.8. The Hall–Kier alpha value is -0.610. The maximum Gasteiger partial charge on any atom is 0.146 e. The Bertz CT molecular complexity index is 590. The summed E-state index contributed by atoms with van der Waals surface area (Å²) in [6.45, 7) is 2.72. The van der Waals surface area contributed by atoms with E-state index in [1.165, 1.54) is 11.8 Å². The number of hydrogen-bond donors (Lipinski definition) is 1. The van der Waals surface area contributed by atoms with Crippen LogP contribution in [0.25, 0.3) is 0 Å². The number of nitrogens with one attached hydrogen (secondary N) is 1. The summed E-state index contributed by atoms with van der Waals surface area (Å²) < 4.78 is 0. The van der Waals surface area contributed by atoms with Gasteiger partial charge in [0.2, 0.25) is 0 Å². The van der Waals surface area contributed by atoms with Crippen LogP contribution in [0, 0.1) is 0 Å². The van der Waals surface area contributed by atoms with E-state index in [1.54, 1.807) is 6.07 Å². The first-order valence-electron chi connectivity index (χ1n) is 5.64. The third-order valence-electron chi connectivity index (χ3n) is 2.28. The summed E-state index contributed by atoms with van der Waals surface area (Å²) in [5.41, 5.74) is 0. The van der Waals surface area contributed by atoms with Gasteiger partial charge in [-0.3, -0.25) is 0 Å². The molecule has 2 aromatic rings. The maximum absolute atomic E-state index is 6.17. The van der Waals surface area contributed by atoms with Crippen molar-refractivity contribution in [3.63, 3.8) is 0 Å². The van der Waals surface area contributed by atoms with Gasteiger partial charge in [0.1, 0.15) is 10.8 Å². The molecule has 0 saturated carbocycles. The van der Waals surface area contributed by atoms with Crippen LogP contribution in [-0.2, 0) is 0 Å². The molecule has 1 heterocycles. The molecule has 100 valence electrons. The van der Waals surface area contributed by atoms with Gasteiger partial charge >= 0.3 is 0 Å². The minimum atomic E-state index is 0.510. The molecule has 0 bridgehead atoms. The largest absolute Gasteiger partial charge is 0.369 e. The van der Waals surface area contributed by atoms with Gasteiger partial charge in [-0.1, -0.05) is 58.7 Å². The Morgan fingerprint density at radius 1 is 1.11 bits per heavy atom. The molecule has 6 heteroatoms. The molecule has 0 saturated heterocycles. The molecule has 0 unspecified atom stereocenters. The van der Waals surface area contributed by atoms with E-state index in [-0.39, 0.29) is 0 Å². The van der Waals surface area contributed by atoms with Crippen molar-refractivity contribution in [1.29, 1.82) is 0 Å². The molecule has 0 aliphatic heterocycles. The zero-order valence-electron chi connectivity index (χ0n) is 10.1. The lowest BCUT2D eigenvalue weighted by Crippen LogP contribution is -2.01. The highest BCUT2D eigenvalue weighted by Crippen LogP contribution is 2.38. The lowest BCUT2D eigenvalue weighted by Gasteiger charge is -2.10. The third-order valence-corrected chi connectivity index (χ3v) is 4.50. The number of nitrogens with zero attached hydrogens (tertiary/aromatic N) is 1. The normalized spacial score (nSPS) is 10.5. The third kappa shape index (κ3) is 3.69. The Morgan fingerprint density at radius 3 is 2.53 bits per heavy atom. The summed E-state index contributed by atoms with van der Waals surface area (Å²) in [6.07, 6.45) is 0. The first-order chi connectivity index (χ1) is 9.11. The van der Waals surface area contributed by atoms with Crippen molar-refractivity contribution in [2.45, 2.75) is 16.8 Å². The molecular formula is C13H11Cl3N2S. The SMILES string of the molecule is CCNc1nc(Sc2ccccc2Cl)c(Cl)cc1Cl. The van der Waals surface area contributed by atoms with E-state index in [0.717, 1.165) is 11.4 Å². The van der Waals surface area contributed by atoms with Crippen molar-refractivity contribution in [2.75, 3.05) is 11.9 Å². The highest BCUT2D eigenvalue weighted by Gasteiger charge is 2.11. The molecule has 0 amide bonds. The molecule has 1 aromatic carbocycles. The highest BCUT2D eigenvalue weighted by atomic mass is 35.5. The van der Waals surface area contributed by atoms with Gasteiger partial charge < -0.3 is 5.32 Å². The van der Waals surface area contributed by atoms with Crippen LogP contribution in [0.3, 0.4) is 0 Å². The van der Waals surface area contributed by atoms with Crippen LogP contribution < -0.4 is 5.32 Å². The number of anilines is 1. The summed E-state index contributed by atoms with van der Waals surface area (Å²) >= 11 is 19.8. The van der Waals surface area contributed by atoms with E-state index in [9.17, 15) is 0 Å². The number of pyridine rings is 1. The second-order valence-corrected chi connectivity index (χ2v) is 5.92. The molecule has 0 radical (unpaired) electrons. The highest BCUT2D eigenvalue weighted by molar-refractivity contribution is 7.99. The summed E-state index contributed by atoms with van der Waals surface area (Å²) in [5, 5.41) is 5.46. The summed E-state index contributed by atoms with van der Waals surface area (Å²) in [4.78, 5) is 5.33. The minimum absolute atomic E-state index is 0.510. The Kier molecular flexibility index (Phi) is 5.22. The number of aromatic nitrogens is 1. The Balaban J connectivity index is 2.34. The maximum atomic E-state index is 6.17. The molecule has 19 heavy (non-hydrogen) atoms. The van der Waals surface area contributed by atoms with Crippen molar-refractivity contribution in [3.05, 3.63) is 45.4 Å². The van der Waals surface area contributed by atoms with E-state index in [2.05, 4.69) is 10.3 Å². The number of rotatable bonds is 4. The molecule has 0 atom stereocenters. The second kappa shape index (κ2) is 6.71. The van der Waals surface area contributed by atoms with Crippen LogP contribution in [0.5, 0.6) is 0 Å². The van der Waals surface area contributed by atoms with Gasteiger partial charge in [0.15, 0.2) is 0 Å². The van der Waals surface area contributed by atoms with Gasteiger partial charge in [0.05, 0.1) is 15.1 Å². The zero-order chi connectivity index (χ0) is 13.8. The van der Waals surface area contributed by atoms with E-state index in [4.69, 9.17) is 34.8 Å². The van der Waals surface area contributed by atoms with Crippen molar-refractivity contribution in [3.8, 4) is 0 Å². The van der Waals surface area contributed by atoms with Gasteiger partial charge in [0, 0.05) is 11.4 Å². The first-order valence-corrected chi connectivity index (χ1v) is 7.59. The molecule has 0 spiro atoms. The van der Waals surface area contributed by atoms with E-state index in [0.29, 0.717) is 25.9 Å². The van der Waals surface area contributed by atoms with Gasteiger partial charge in [0.25, 0.3) is 0 Å². The molecule has 1 N–H and O–H groups in total.